The van der Waals surface area contributed by atoms with Crippen molar-refractivity contribution < 1.29 is 4.79 Å². The third-order valence-electron chi connectivity index (χ3n) is 3.85. The molecule has 0 unspecified atom stereocenters. The van der Waals surface area contributed by atoms with Crippen molar-refractivity contribution >= 4 is 22.3 Å². The van der Waals surface area contributed by atoms with Crippen LogP contribution in [0, 0.1) is 5.41 Å². The maximum absolute atomic E-state index is 12.2. The summed E-state index contributed by atoms with van der Waals surface area (Å²) in [6.45, 7) is 4.95. The summed E-state index contributed by atoms with van der Waals surface area (Å²) in [5.74, 6) is 1.22. The third kappa shape index (κ3) is 2.72. The van der Waals surface area contributed by atoms with Crippen molar-refractivity contribution in [2.45, 2.75) is 33.2 Å². The summed E-state index contributed by atoms with van der Waals surface area (Å²) < 4.78 is 2.00. The van der Waals surface area contributed by atoms with Gasteiger partial charge in [-0.05, 0) is 11.8 Å². The quantitative estimate of drug-likeness (QED) is 0.875. The second-order valence-electron chi connectivity index (χ2n) is 6.52. The maximum Gasteiger partial charge on any atom is 0.186 e. The van der Waals surface area contributed by atoms with Gasteiger partial charge in [-0.1, -0.05) is 25.2 Å². The Morgan fingerprint density at radius 2 is 2.19 bits per heavy atom. The maximum atomic E-state index is 12.2. The van der Waals surface area contributed by atoms with Gasteiger partial charge in [-0.3, -0.25) is 4.79 Å². The van der Waals surface area contributed by atoms with Gasteiger partial charge in [-0.15, -0.1) is 0 Å². The molecule has 6 heteroatoms. The number of carbonyl (C=O) groups excluding carboxylic acids is 1. The highest BCUT2D eigenvalue weighted by Gasteiger charge is 2.34. The van der Waals surface area contributed by atoms with E-state index in [-0.39, 0.29) is 11.2 Å². The summed E-state index contributed by atoms with van der Waals surface area (Å²) >= 11 is 1.51. The standard InChI is InChI=1S/C15H20N4OS/c1-15(2)7-10-13(11(20)8-15)21-14(17-10)19(4)9-12-16-5-6-18(12)3/h5-6H,7-9H2,1-4H3. The molecule has 0 N–H and O–H groups in total. The zero-order valence-electron chi connectivity index (χ0n) is 12.9. The summed E-state index contributed by atoms with van der Waals surface area (Å²) in [4.78, 5) is 24.2. The normalized spacial score (nSPS) is 16.9. The highest BCUT2D eigenvalue weighted by Crippen LogP contribution is 2.39. The summed E-state index contributed by atoms with van der Waals surface area (Å²) in [5, 5.41) is 0.897. The van der Waals surface area contributed by atoms with Crippen LogP contribution in [0.25, 0.3) is 0 Å². The molecular formula is C15H20N4OS. The molecule has 0 aromatic carbocycles. The van der Waals surface area contributed by atoms with Gasteiger partial charge in [0.2, 0.25) is 0 Å². The minimum Gasteiger partial charge on any atom is -0.344 e. The van der Waals surface area contributed by atoms with Crippen molar-refractivity contribution in [2.24, 2.45) is 12.5 Å². The zero-order valence-corrected chi connectivity index (χ0v) is 13.7. The lowest BCUT2D eigenvalue weighted by Gasteiger charge is -2.26. The lowest BCUT2D eigenvalue weighted by Crippen LogP contribution is -2.26. The number of ketones is 1. The van der Waals surface area contributed by atoms with E-state index in [0.29, 0.717) is 13.0 Å². The van der Waals surface area contributed by atoms with Crippen LogP contribution in [0.1, 0.15) is 41.5 Å². The first-order valence-corrected chi connectivity index (χ1v) is 7.88. The number of aryl methyl sites for hydroxylation is 1. The summed E-state index contributed by atoms with van der Waals surface area (Å²) in [6, 6.07) is 0. The van der Waals surface area contributed by atoms with Gasteiger partial charge in [0.15, 0.2) is 10.9 Å². The van der Waals surface area contributed by atoms with Crippen LogP contribution in [0.3, 0.4) is 0 Å². The summed E-state index contributed by atoms with van der Waals surface area (Å²) in [6.07, 6.45) is 5.22. The van der Waals surface area contributed by atoms with E-state index in [2.05, 4.69) is 23.7 Å². The van der Waals surface area contributed by atoms with E-state index in [0.717, 1.165) is 27.9 Å². The minimum atomic E-state index is 0.0215. The van der Waals surface area contributed by atoms with Crippen LogP contribution in [0.4, 0.5) is 5.13 Å². The lowest BCUT2D eigenvalue weighted by molar-refractivity contribution is 0.0916. The number of hydrogen-bond acceptors (Lipinski definition) is 5. The minimum absolute atomic E-state index is 0.0215. The molecule has 3 rings (SSSR count). The number of aromatic nitrogens is 3. The fraction of sp³-hybridized carbons (Fsp3) is 0.533. The number of nitrogens with zero attached hydrogens (tertiary/aromatic N) is 4. The van der Waals surface area contributed by atoms with E-state index in [1.807, 2.05) is 24.9 Å². The highest BCUT2D eigenvalue weighted by molar-refractivity contribution is 7.17. The van der Waals surface area contributed by atoms with Crippen LogP contribution in [-0.2, 0) is 20.0 Å². The molecule has 2 aromatic rings. The lowest BCUT2D eigenvalue weighted by atomic mass is 9.78. The number of rotatable bonds is 3. The predicted molar refractivity (Wildman–Crippen MR) is 83.9 cm³/mol. The highest BCUT2D eigenvalue weighted by atomic mass is 32.1. The number of fused-ring (bicyclic) bond motifs is 1. The first-order chi connectivity index (χ1) is 9.85. The molecule has 0 bridgehead atoms. The number of carbonyl (C=O) groups is 1. The van der Waals surface area contributed by atoms with Crippen LogP contribution in [0.2, 0.25) is 0 Å². The molecule has 0 fully saturated rings. The van der Waals surface area contributed by atoms with E-state index < -0.39 is 0 Å². The van der Waals surface area contributed by atoms with E-state index in [9.17, 15) is 4.79 Å². The van der Waals surface area contributed by atoms with Crippen LogP contribution < -0.4 is 4.90 Å². The number of imidazole rings is 1. The van der Waals surface area contributed by atoms with E-state index in [4.69, 9.17) is 4.98 Å². The van der Waals surface area contributed by atoms with Gasteiger partial charge in [-0.2, -0.15) is 0 Å². The molecular weight excluding hydrogens is 284 g/mol. The number of Topliss-reactive ketones (excluding diaryl/α,β-unsaturated/α-hetero) is 1. The van der Waals surface area contributed by atoms with Crippen molar-refractivity contribution in [3.8, 4) is 0 Å². The Labute approximate surface area is 128 Å². The SMILES string of the molecule is CN(Cc1nccn1C)c1nc2c(s1)C(=O)CC(C)(C)C2. The average molecular weight is 304 g/mol. The monoisotopic (exact) mass is 304 g/mol. The van der Waals surface area contributed by atoms with Crippen LogP contribution >= 0.6 is 11.3 Å². The number of anilines is 1. The predicted octanol–water partition coefficient (Wildman–Crippen LogP) is 2.67. The molecule has 2 aromatic heterocycles. The summed E-state index contributed by atoms with van der Waals surface area (Å²) in [5.41, 5.74) is 0.983. The number of hydrogen-bond donors (Lipinski definition) is 0. The molecule has 112 valence electrons. The Kier molecular flexibility index (Phi) is 3.36. The van der Waals surface area contributed by atoms with Crippen molar-refractivity contribution in [1.29, 1.82) is 0 Å². The van der Waals surface area contributed by atoms with E-state index in [1.54, 1.807) is 6.20 Å². The Bertz CT molecular complexity index is 686. The largest absolute Gasteiger partial charge is 0.344 e. The van der Waals surface area contributed by atoms with Crippen molar-refractivity contribution in [1.82, 2.24) is 14.5 Å². The second-order valence-corrected chi connectivity index (χ2v) is 7.50. The number of thiazole rings is 1. The van der Waals surface area contributed by atoms with Gasteiger partial charge < -0.3 is 9.47 Å². The Morgan fingerprint density at radius 3 is 2.86 bits per heavy atom. The van der Waals surface area contributed by atoms with Gasteiger partial charge in [0.1, 0.15) is 5.82 Å². The molecule has 0 amide bonds. The first kappa shape index (κ1) is 14.3. The Morgan fingerprint density at radius 1 is 1.43 bits per heavy atom. The molecule has 0 atom stereocenters. The molecule has 0 spiro atoms. The van der Waals surface area contributed by atoms with Crippen molar-refractivity contribution in [3.05, 3.63) is 28.8 Å². The molecule has 0 radical (unpaired) electrons. The van der Waals surface area contributed by atoms with Gasteiger partial charge in [0, 0.05) is 32.9 Å². The molecule has 0 saturated carbocycles. The molecule has 21 heavy (non-hydrogen) atoms. The summed E-state index contributed by atoms with van der Waals surface area (Å²) in [7, 11) is 3.98. The fourth-order valence-corrected chi connectivity index (χ4v) is 3.68. The van der Waals surface area contributed by atoms with Gasteiger partial charge in [0.05, 0.1) is 17.1 Å². The Balaban J connectivity index is 1.85. The molecule has 1 aliphatic rings. The van der Waals surface area contributed by atoms with Crippen molar-refractivity contribution in [3.63, 3.8) is 0 Å². The first-order valence-electron chi connectivity index (χ1n) is 7.06. The molecule has 5 nitrogen and oxygen atoms in total. The third-order valence-corrected chi connectivity index (χ3v) is 5.10. The molecule has 1 aliphatic carbocycles. The average Bonchev–Trinajstić information content (AvgIpc) is 2.95. The van der Waals surface area contributed by atoms with Crippen LogP contribution in [0.5, 0.6) is 0 Å². The van der Waals surface area contributed by atoms with E-state index in [1.165, 1.54) is 11.3 Å². The Hall–Kier alpha value is -1.69. The molecule has 0 aliphatic heterocycles. The van der Waals surface area contributed by atoms with Crippen molar-refractivity contribution in [2.75, 3.05) is 11.9 Å². The van der Waals surface area contributed by atoms with Gasteiger partial charge in [0.25, 0.3) is 0 Å². The second kappa shape index (κ2) is 4.94. The topological polar surface area (TPSA) is 51.0 Å². The molecule has 2 heterocycles. The molecule has 0 saturated heterocycles. The van der Waals surface area contributed by atoms with E-state index >= 15 is 0 Å². The van der Waals surface area contributed by atoms with Gasteiger partial charge in [-0.25, -0.2) is 9.97 Å². The van der Waals surface area contributed by atoms with Crippen LogP contribution in [-0.4, -0.2) is 27.4 Å². The smallest absolute Gasteiger partial charge is 0.186 e. The van der Waals surface area contributed by atoms with Gasteiger partial charge >= 0.3 is 0 Å². The van der Waals surface area contributed by atoms with Crippen LogP contribution in [0.15, 0.2) is 12.4 Å². The fourth-order valence-electron chi connectivity index (χ4n) is 2.70. The zero-order chi connectivity index (χ0) is 15.2.